The van der Waals surface area contributed by atoms with Crippen LogP contribution in [0.1, 0.15) is 17.2 Å². The quantitative estimate of drug-likeness (QED) is 0.594. The zero-order valence-corrected chi connectivity index (χ0v) is 12.0. The second kappa shape index (κ2) is 4.94. The van der Waals surface area contributed by atoms with Crippen LogP contribution >= 0.6 is 11.6 Å². The first-order valence-corrected chi connectivity index (χ1v) is 7.31. The lowest BCUT2D eigenvalue weighted by atomic mass is 9.91. The Balaban J connectivity index is 1.80. The molecule has 0 aliphatic heterocycles. The molecule has 1 aliphatic carbocycles. The maximum absolute atomic E-state index is 6.11. The van der Waals surface area contributed by atoms with E-state index in [0.717, 1.165) is 5.75 Å². The van der Waals surface area contributed by atoms with Gasteiger partial charge in [-0.3, -0.25) is 0 Å². The molecule has 2 heteroatoms. The van der Waals surface area contributed by atoms with Gasteiger partial charge < -0.3 is 4.74 Å². The molecule has 0 N–H and O–H groups in total. The molecular weight excluding hydrogens is 280 g/mol. The molecule has 3 aromatic carbocycles. The minimum atomic E-state index is -0.0814. The topological polar surface area (TPSA) is 9.23 Å². The van der Waals surface area contributed by atoms with E-state index in [9.17, 15) is 0 Å². The zero-order chi connectivity index (χ0) is 14.2. The Kier molecular flexibility index (Phi) is 2.94. The second-order valence-electron chi connectivity index (χ2n) is 5.15. The Hall–Kier alpha value is -2.25. The van der Waals surface area contributed by atoms with Crippen LogP contribution in [-0.2, 0) is 0 Å². The Morgan fingerprint density at radius 3 is 2.57 bits per heavy atom. The van der Waals surface area contributed by atoms with Crippen LogP contribution in [0.25, 0.3) is 16.8 Å². The fourth-order valence-electron chi connectivity index (χ4n) is 2.86. The molecule has 1 unspecified atom stereocenters. The average Bonchev–Trinajstić information content (AvgIpc) is 2.50. The van der Waals surface area contributed by atoms with Crippen molar-refractivity contribution in [1.82, 2.24) is 0 Å². The van der Waals surface area contributed by atoms with Crippen molar-refractivity contribution >= 4 is 28.4 Å². The van der Waals surface area contributed by atoms with Gasteiger partial charge in [-0.25, -0.2) is 0 Å². The summed E-state index contributed by atoms with van der Waals surface area (Å²) in [5, 5.41) is 3.20. The number of hydrogen-bond donors (Lipinski definition) is 0. The van der Waals surface area contributed by atoms with Gasteiger partial charge >= 0.3 is 0 Å². The van der Waals surface area contributed by atoms with E-state index in [4.69, 9.17) is 16.3 Å². The van der Waals surface area contributed by atoms with Crippen molar-refractivity contribution < 1.29 is 4.74 Å². The van der Waals surface area contributed by atoms with Crippen LogP contribution < -0.4 is 4.74 Å². The molecule has 0 amide bonds. The van der Waals surface area contributed by atoms with Gasteiger partial charge in [-0.15, -0.1) is 0 Å². The number of rotatable bonds is 2. The van der Waals surface area contributed by atoms with Crippen LogP contribution in [0.5, 0.6) is 5.75 Å². The number of halogens is 1. The predicted octanol–water partition coefficient (Wildman–Crippen LogP) is 5.64. The lowest BCUT2D eigenvalue weighted by molar-refractivity contribution is 0.257. The largest absolute Gasteiger partial charge is 0.482 e. The molecule has 0 radical (unpaired) electrons. The van der Waals surface area contributed by atoms with Gasteiger partial charge in [0.2, 0.25) is 0 Å². The van der Waals surface area contributed by atoms with Gasteiger partial charge in [0, 0.05) is 10.6 Å². The van der Waals surface area contributed by atoms with Crippen LogP contribution in [0.15, 0.2) is 66.7 Å². The van der Waals surface area contributed by atoms with Crippen LogP contribution in [0.3, 0.4) is 0 Å². The summed E-state index contributed by atoms with van der Waals surface area (Å²) in [6.07, 6.45) is 4.14. The maximum Gasteiger partial charge on any atom is 0.143 e. The molecule has 0 fully saturated rings. The van der Waals surface area contributed by atoms with E-state index >= 15 is 0 Å². The SMILES string of the molecule is Clc1cccc(OC2C=Cc3cccc4cccc2c34)c1. The fraction of sp³-hybridized carbons (Fsp3) is 0.0526. The highest BCUT2D eigenvalue weighted by Gasteiger charge is 2.18. The molecule has 0 spiro atoms. The first kappa shape index (κ1) is 12.5. The molecule has 1 aliphatic rings. The van der Waals surface area contributed by atoms with Gasteiger partial charge in [-0.1, -0.05) is 60.1 Å². The van der Waals surface area contributed by atoms with Gasteiger partial charge in [-0.05, 0) is 40.6 Å². The highest BCUT2D eigenvalue weighted by Crippen LogP contribution is 2.36. The van der Waals surface area contributed by atoms with Crippen molar-refractivity contribution in [2.24, 2.45) is 0 Å². The number of benzene rings is 3. The van der Waals surface area contributed by atoms with Gasteiger partial charge in [-0.2, -0.15) is 0 Å². The van der Waals surface area contributed by atoms with E-state index in [2.05, 4.69) is 48.6 Å². The van der Waals surface area contributed by atoms with E-state index in [1.54, 1.807) is 0 Å². The molecule has 0 heterocycles. The predicted molar refractivity (Wildman–Crippen MR) is 87.8 cm³/mol. The standard InChI is InChI=1S/C19H13ClO/c20-15-7-3-8-16(12-15)21-18-11-10-14-5-1-4-13-6-2-9-17(18)19(13)14/h1-12,18H. The summed E-state index contributed by atoms with van der Waals surface area (Å²) in [6.45, 7) is 0. The van der Waals surface area contributed by atoms with Crippen LogP contribution in [0, 0.1) is 0 Å². The van der Waals surface area contributed by atoms with Crippen molar-refractivity contribution in [3.8, 4) is 5.75 Å². The minimum absolute atomic E-state index is 0.0814. The summed E-state index contributed by atoms with van der Waals surface area (Å²) in [6, 6.07) is 20.2. The average molecular weight is 293 g/mol. The third-order valence-corrected chi connectivity index (χ3v) is 4.02. The Morgan fingerprint density at radius 2 is 1.71 bits per heavy atom. The Labute approximate surface area is 128 Å². The third kappa shape index (κ3) is 2.20. The summed E-state index contributed by atoms with van der Waals surface area (Å²) in [5.74, 6) is 0.786. The van der Waals surface area contributed by atoms with Gasteiger partial charge in [0.1, 0.15) is 11.9 Å². The Morgan fingerprint density at radius 1 is 0.905 bits per heavy atom. The lowest BCUT2D eigenvalue weighted by Gasteiger charge is -2.22. The first-order valence-electron chi connectivity index (χ1n) is 6.93. The highest BCUT2D eigenvalue weighted by molar-refractivity contribution is 6.30. The van der Waals surface area contributed by atoms with Crippen molar-refractivity contribution in [1.29, 1.82) is 0 Å². The number of ether oxygens (including phenoxy) is 1. The first-order chi connectivity index (χ1) is 10.3. The van der Waals surface area contributed by atoms with Crippen molar-refractivity contribution in [3.63, 3.8) is 0 Å². The molecule has 0 aromatic heterocycles. The molecule has 0 saturated heterocycles. The minimum Gasteiger partial charge on any atom is -0.482 e. The molecule has 4 rings (SSSR count). The molecule has 0 bridgehead atoms. The Bertz CT molecular complexity index is 846. The van der Waals surface area contributed by atoms with Gasteiger partial charge in [0.15, 0.2) is 0 Å². The molecule has 3 aromatic rings. The van der Waals surface area contributed by atoms with Crippen molar-refractivity contribution in [3.05, 3.63) is 82.9 Å². The van der Waals surface area contributed by atoms with Gasteiger partial charge in [0.25, 0.3) is 0 Å². The number of hydrogen-bond acceptors (Lipinski definition) is 1. The van der Waals surface area contributed by atoms with Crippen LogP contribution in [-0.4, -0.2) is 0 Å². The van der Waals surface area contributed by atoms with Crippen molar-refractivity contribution in [2.75, 3.05) is 0 Å². The van der Waals surface area contributed by atoms with E-state index < -0.39 is 0 Å². The molecule has 0 saturated carbocycles. The molecule has 1 nitrogen and oxygen atoms in total. The van der Waals surface area contributed by atoms with E-state index in [1.807, 2.05) is 24.3 Å². The summed E-state index contributed by atoms with van der Waals surface area (Å²) in [5.41, 5.74) is 2.44. The van der Waals surface area contributed by atoms with Crippen molar-refractivity contribution in [2.45, 2.75) is 6.10 Å². The fourth-order valence-corrected chi connectivity index (χ4v) is 3.04. The molecule has 102 valence electrons. The van der Waals surface area contributed by atoms with Crippen LogP contribution in [0.4, 0.5) is 0 Å². The maximum atomic E-state index is 6.11. The highest BCUT2D eigenvalue weighted by atomic mass is 35.5. The molecule has 21 heavy (non-hydrogen) atoms. The summed E-state index contributed by atoms with van der Waals surface area (Å²) in [4.78, 5) is 0. The lowest BCUT2D eigenvalue weighted by Crippen LogP contribution is -2.08. The normalized spacial score (nSPS) is 16.1. The van der Waals surface area contributed by atoms with E-state index in [0.29, 0.717) is 5.02 Å². The summed E-state index contributed by atoms with van der Waals surface area (Å²) < 4.78 is 6.11. The third-order valence-electron chi connectivity index (χ3n) is 3.79. The molecule has 1 atom stereocenters. The van der Waals surface area contributed by atoms with E-state index in [1.165, 1.54) is 21.9 Å². The summed E-state index contributed by atoms with van der Waals surface area (Å²) >= 11 is 6.03. The monoisotopic (exact) mass is 292 g/mol. The van der Waals surface area contributed by atoms with Gasteiger partial charge in [0.05, 0.1) is 0 Å². The zero-order valence-electron chi connectivity index (χ0n) is 11.3. The summed E-state index contributed by atoms with van der Waals surface area (Å²) in [7, 11) is 0. The second-order valence-corrected chi connectivity index (χ2v) is 5.58. The smallest absolute Gasteiger partial charge is 0.143 e. The van der Waals surface area contributed by atoms with E-state index in [-0.39, 0.29) is 6.10 Å². The molecular formula is C19H13ClO. The van der Waals surface area contributed by atoms with Crippen LogP contribution in [0.2, 0.25) is 5.02 Å².